The van der Waals surface area contributed by atoms with E-state index in [4.69, 9.17) is 0 Å². The van der Waals surface area contributed by atoms with Gasteiger partial charge in [-0.2, -0.15) is 0 Å². The van der Waals surface area contributed by atoms with Crippen LogP contribution in [0.4, 0.5) is 5.69 Å². The zero-order chi connectivity index (χ0) is 22.2. The Balaban J connectivity index is 1.62. The number of amides is 1. The molecule has 1 aliphatic carbocycles. The molecule has 0 spiro atoms. The summed E-state index contributed by atoms with van der Waals surface area (Å²) in [6, 6.07) is 13.3. The van der Waals surface area contributed by atoms with Gasteiger partial charge in [0.1, 0.15) is 0 Å². The maximum absolute atomic E-state index is 13.0. The number of fused-ring (bicyclic) bond motifs is 1. The van der Waals surface area contributed by atoms with Gasteiger partial charge in [-0.25, -0.2) is 13.1 Å². The quantitative estimate of drug-likeness (QED) is 0.673. The average Bonchev–Trinajstić information content (AvgIpc) is 2.98. The van der Waals surface area contributed by atoms with Crippen molar-refractivity contribution in [2.24, 2.45) is 0 Å². The number of hydrogen-bond donors (Lipinski definition) is 2. The molecule has 1 atom stereocenters. The third kappa shape index (κ3) is 4.41. The van der Waals surface area contributed by atoms with Gasteiger partial charge < -0.3 is 5.32 Å². The van der Waals surface area contributed by atoms with Gasteiger partial charge in [-0.15, -0.1) is 0 Å². The second-order valence-electron chi connectivity index (χ2n) is 9.52. The second kappa shape index (κ2) is 8.40. The standard InChI is InChI=1S/C25H32N2O3S/c1-17(2)19-11-9-18(10-12-19)16-25(3)22-15-21(13-14-23(22)26-24(25)28)31(29,30)27-20-7-5-4-6-8-20/h9-15,17,20,27H,4-8,16H2,1-3H3,(H,26,28). The highest BCUT2D eigenvalue weighted by molar-refractivity contribution is 7.89. The lowest BCUT2D eigenvalue weighted by Gasteiger charge is -2.24. The molecule has 166 valence electrons. The summed E-state index contributed by atoms with van der Waals surface area (Å²) in [4.78, 5) is 13.2. The van der Waals surface area contributed by atoms with Gasteiger partial charge in [0.15, 0.2) is 0 Å². The molecular formula is C25H32N2O3S. The van der Waals surface area contributed by atoms with Crippen LogP contribution in [0.5, 0.6) is 0 Å². The summed E-state index contributed by atoms with van der Waals surface area (Å²) < 4.78 is 28.9. The van der Waals surface area contributed by atoms with E-state index in [0.717, 1.165) is 36.8 Å². The number of carbonyl (C=O) groups is 1. The topological polar surface area (TPSA) is 75.3 Å². The number of sulfonamides is 1. The van der Waals surface area contributed by atoms with E-state index in [0.29, 0.717) is 18.0 Å². The average molecular weight is 441 g/mol. The minimum Gasteiger partial charge on any atom is -0.325 e. The van der Waals surface area contributed by atoms with Gasteiger partial charge in [0.05, 0.1) is 10.3 Å². The van der Waals surface area contributed by atoms with Crippen molar-refractivity contribution in [1.82, 2.24) is 4.72 Å². The lowest BCUT2D eigenvalue weighted by Crippen LogP contribution is -2.36. The molecule has 2 N–H and O–H groups in total. The summed E-state index contributed by atoms with van der Waals surface area (Å²) >= 11 is 0. The number of nitrogens with one attached hydrogen (secondary N) is 2. The zero-order valence-electron chi connectivity index (χ0n) is 18.6. The maximum atomic E-state index is 13.0. The Kier molecular flexibility index (Phi) is 5.97. The van der Waals surface area contributed by atoms with Crippen molar-refractivity contribution in [3.05, 3.63) is 59.2 Å². The number of rotatable bonds is 6. The van der Waals surface area contributed by atoms with Gasteiger partial charge in [0.2, 0.25) is 15.9 Å². The largest absolute Gasteiger partial charge is 0.325 e. The molecule has 2 aromatic rings. The Hall–Kier alpha value is -2.18. The van der Waals surface area contributed by atoms with Crippen molar-refractivity contribution in [3.8, 4) is 0 Å². The molecule has 0 radical (unpaired) electrons. The summed E-state index contributed by atoms with van der Waals surface area (Å²) in [5.41, 5.74) is 2.95. The van der Waals surface area contributed by atoms with Crippen LogP contribution in [-0.4, -0.2) is 20.4 Å². The number of hydrogen-bond acceptors (Lipinski definition) is 3. The summed E-state index contributed by atoms with van der Waals surface area (Å²) in [6.45, 7) is 6.20. The maximum Gasteiger partial charge on any atom is 0.240 e. The molecule has 2 aliphatic rings. The number of anilines is 1. The van der Waals surface area contributed by atoms with Crippen LogP contribution >= 0.6 is 0 Å². The first-order chi connectivity index (χ1) is 14.7. The Bertz CT molecular complexity index is 1070. The van der Waals surface area contributed by atoms with Gasteiger partial charge in [-0.05, 0) is 67.0 Å². The SMILES string of the molecule is CC(C)c1ccc(CC2(C)C(=O)Nc3ccc(S(=O)(=O)NC4CCCCC4)cc32)cc1. The van der Waals surface area contributed by atoms with Crippen LogP contribution in [0.3, 0.4) is 0 Å². The Morgan fingerprint density at radius 2 is 1.74 bits per heavy atom. The number of carbonyl (C=O) groups excluding carboxylic acids is 1. The molecule has 0 bridgehead atoms. The highest BCUT2D eigenvalue weighted by atomic mass is 32.2. The van der Waals surface area contributed by atoms with Crippen LogP contribution < -0.4 is 10.0 Å². The van der Waals surface area contributed by atoms with E-state index in [-0.39, 0.29) is 16.8 Å². The van der Waals surface area contributed by atoms with Gasteiger partial charge in [0.25, 0.3) is 0 Å². The summed E-state index contributed by atoms with van der Waals surface area (Å²) in [5.74, 6) is 0.356. The van der Waals surface area contributed by atoms with Crippen LogP contribution in [0.1, 0.15) is 75.5 Å². The van der Waals surface area contributed by atoms with E-state index < -0.39 is 15.4 Å². The first-order valence-corrected chi connectivity index (χ1v) is 12.7. The van der Waals surface area contributed by atoms with Crippen molar-refractivity contribution in [2.75, 3.05) is 5.32 Å². The van der Waals surface area contributed by atoms with Gasteiger partial charge >= 0.3 is 0 Å². The minimum atomic E-state index is -3.63. The van der Waals surface area contributed by atoms with Crippen molar-refractivity contribution >= 4 is 21.6 Å². The first kappa shape index (κ1) is 22.0. The van der Waals surface area contributed by atoms with E-state index in [9.17, 15) is 13.2 Å². The van der Waals surface area contributed by atoms with Crippen molar-refractivity contribution in [1.29, 1.82) is 0 Å². The summed E-state index contributed by atoms with van der Waals surface area (Å²) in [6.07, 6.45) is 5.57. The third-order valence-corrected chi connectivity index (χ3v) is 8.29. The van der Waals surface area contributed by atoms with Gasteiger partial charge in [0, 0.05) is 11.7 Å². The monoisotopic (exact) mass is 440 g/mol. The normalized spacial score (nSPS) is 21.9. The fraction of sp³-hybridized carbons (Fsp3) is 0.480. The molecule has 0 aromatic heterocycles. The van der Waals surface area contributed by atoms with Crippen LogP contribution in [0.15, 0.2) is 47.4 Å². The predicted molar refractivity (Wildman–Crippen MR) is 124 cm³/mol. The van der Waals surface area contributed by atoms with Crippen LogP contribution in [0, 0.1) is 0 Å². The second-order valence-corrected chi connectivity index (χ2v) is 11.2. The fourth-order valence-corrected chi connectivity index (χ4v) is 6.08. The van der Waals surface area contributed by atoms with E-state index >= 15 is 0 Å². The predicted octanol–water partition coefficient (Wildman–Crippen LogP) is 4.87. The first-order valence-electron chi connectivity index (χ1n) is 11.3. The molecule has 4 rings (SSSR count). The smallest absolute Gasteiger partial charge is 0.240 e. The van der Waals surface area contributed by atoms with Crippen LogP contribution in [0.25, 0.3) is 0 Å². The van der Waals surface area contributed by atoms with E-state index in [2.05, 4.69) is 48.2 Å². The molecule has 6 heteroatoms. The molecule has 2 aromatic carbocycles. The molecule has 1 heterocycles. The lowest BCUT2D eigenvalue weighted by molar-refractivity contribution is -0.120. The molecule has 1 aliphatic heterocycles. The molecule has 1 amide bonds. The Morgan fingerprint density at radius 3 is 2.39 bits per heavy atom. The van der Waals surface area contributed by atoms with E-state index in [1.54, 1.807) is 18.2 Å². The van der Waals surface area contributed by atoms with Crippen LogP contribution in [0.2, 0.25) is 0 Å². The molecule has 1 unspecified atom stereocenters. The molecule has 5 nitrogen and oxygen atoms in total. The highest BCUT2D eigenvalue weighted by Gasteiger charge is 2.43. The minimum absolute atomic E-state index is 0.00221. The molecule has 1 fully saturated rings. The zero-order valence-corrected chi connectivity index (χ0v) is 19.4. The Labute approximate surface area is 185 Å². The molecule has 1 saturated carbocycles. The van der Waals surface area contributed by atoms with Crippen molar-refractivity contribution in [3.63, 3.8) is 0 Å². The van der Waals surface area contributed by atoms with Crippen LogP contribution in [-0.2, 0) is 26.7 Å². The fourth-order valence-electron chi connectivity index (χ4n) is 4.75. The third-order valence-electron chi connectivity index (χ3n) is 6.78. The Morgan fingerprint density at radius 1 is 1.06 bits per heavy atom. The van der Waals surface area contributed by atoms with E-state index in [1.165, 1.54) is 12.0 Å². The van der Waals surface area contributed by atoms with Gasteiger partial charge in [-0.1, -0.05) is 57.4 Å². The van der Waals surface area contributed by atoms with Gasteiger partial charge in [-0.3, -0.25) is 4.79 Å². The molecular weight excluding hydrogens is 408 g/mol. The molecule has 0 saturated heterocycles. The summed E-state index contributed by atoms with van der Waals surface area (Å²) in [5, 5.41) is 2.94. The summed E-state index contributed by atoms with van der Waals surface area (Å²) in [7, 11) is -3.63. The van der Waals surface area contributed by atoms with Crippen molar-refractivity contribution in [2.45, 2.75) is 81.6 Å². The van der Waals surface area contributed by atoms with E-state index in [1.807, 2.05) is 6.92 Å². The highest BCUT2D eigenvalue weighted by Crippen LogP contribution is 2.41. The van der Waals surface area contributed by atoms with Crippen molar-refractivity contribution < 1.29 is 13.2 Å². The number of benzene rings is 2. The molecule has 31 heavy (non-hydrogen) atoms. The lowest BCUT2D eigenvalue weighted by atomic mass is 9.78.